The maximum Gasteiger partial charge on any atom is 0.257 e. The topological polar surface area (TPSA) is 87.0 Å². The lowest BCUT2D eigenvalue weighted by Gasteiger charge is -2.33. The number of H-pyrrole nitrogens is 2. The Kier molecular flexibility index (Phi) is 3.80. The Hall–Kier alpha value is -2.67. The molecular formula is C18H17N3O3S. The van der Waals surface area contributed by atoms with Crippen molar-refractivity contribution < 1.29 is 9.53 Å². The van der Waals surface area contributed by atoms with Crippen LogP contribution in [0.25, 0.3) is 0 Å². The van der Waals surface area contributed by atoms with Gasteiger partial charge in [-0.25, -0.2) is 0 Å². The van der Waals surface area contributed by atoms with E-state index in [1.807, 2.05) is 24.3 Å². The lowest BCUT2D eigenvalue weighted by molar-refractivity contribution is -0.116. The molecule has 128 valence electrons. The minimum atomic E-state index is -0.481. The standard InChI is InChI=1S/C18H17N3O3S/c1-24-12-8-3-2-5-9(12)13-14-10(6-4-7-11(14)22)19-16-15(13)17(23)21-18(25)20-16/h2-3,5,8,13H,4,6-7H2,1H3,(H3,19,20,21,23,25). The zero-order valence-corrected chi connectivity index (χ0v) is 14.5. The van der Waals surface area contributed by atoms with Crippen molar-refractivity contribution >= 4 is 23.8 Å². The van der Waals surface area contributed by atoms with E-state index in [2.05, 4.69) is 15.3 Å². The molecule has 6 nitrogen and oxygen atoms in total. The molecule has 0 bridgehead atoms. The number of anilines is 1. The van der Waals surface area contributed by atoms with Crippen LogP contribution in [-0.4, -0.2) is 22.9 Å². The number of nitrogens with one attached hydrogen (secondary N) is 3. The molecule has 25 heavy (non-hydrogen) atoms. The van der Waals surface area contributed by atoms with Crippen LogP contribution in [-0.2, 0) is 4.79 Å². The van der Waals surface area contributed by atoms with Gasteiger partial charge in [-0.15, -0.1) is 0 Å². The fourth-order valence-electron chi connectivity index (χ4n) is 3.71. The monoisotopic (exact) mass is 355 g/mol. The summed E-state index contributed by atoms with van der Waals surface area (Å²) < 4.78 is 5.75. The number of hydrogen-bond donors (Lipinski definition) is 3. The van der Waals surface area contributed by atoms with Crippen LogP contribution in [0, 0.1) is 4.77 Å². The number of carbonyl (C=O) groups excluding carboxylic acids is 1. The summed E-state index contributed by atoms with van der Waals surface area (Å²) in [5.41, 5.74) is 2.47. The molecule has 0 saturated carbocycles. The van der Waals surface area contributed by atoms with Gasteiger partial charge in [0.05, 0.1) is 18.6 Å². The van der Waals surface area contributed by atoms with Crippen LogP contribution in [0.1, 0.15) is 36.3 Å². The molecule has 1 aromatic carbocycles. The predicted molar refractivity (Wildman–Crippen MR) is 96.6 cm³/mol. The van der Waals surface area contributed by atoms with Crippen molar-refractivity contribution in [2.75, 3.05) is 12.4 Å². The molecule has 2 aliphatic rings. The first kappa shape index (κ1) is 15.8. The first-order chi connectivity index (χ1) is 12.1. The van der Waals surface area contributed by atoms with E-state index in [4.69, 9.17) is 17.0 Å². The van der Waals surface area contributed by atoms with Crippen LogP contribution in [0.15, 0.2) is 40.3 Å². The lowest BCUT2D eigenvalue weighted by atomic mass is 9.76. The summed E-state index contributed by atoms with van der Waals surface area (Å²) in [6.07, 6.45) is 2.05. The third-order valence-electron chi connectivity index (χ3n) is 4.74. The van der Waals surface area contributed by atoms with E-state index in [0.29, 0.717) is 29.1 Å². The normalized spacial score (nSPS) is 19.1. The number of hydrogen-bond acceptors (Lipinski definition) is 5. The lowest BCUT2D eigenvalue weighted by Crippen LogP contribution is -2.32. The zero-order chi connectivity index (χ0) is 17.6. The number of para-hydroxylation sites is 1. The van der Waals surface area contributed by atoms with Crippen molar-refractivity contribution in [3.8, 4) is 5.75 Å². The van der Waals surface area contributed by atoms with E-state index in [1.165, 1.54) is 0 Å². The molecule has 0 amide bonds. The van der Waals surface area contributed by atoms with Crippen LogP contribution in [0.3, 0.4) is 0 Å². The molecule has 0 saturated heterocycles. The van der Waals surface area contributed by atoms with Crippen LogP contribution >= 0.6 is 12.2 Å². The third-order valence-corrected chi connectivity index (χ3v) is 4.94. The minimum Gasteiger partial charge on any atom is -0.496 e. The number of ketones is 1. The van der Waals surface area contributed by atoms with E-state index in [1.54, 1.807) is 7.11 Å². The van der Waals surface area contributed by atoms with Gasteiger partial charge in [0.25, 0.3) is 5.56 Å². The number of carbonyl (C=O) groups is 1. The summed E-state index contributed by atoms with van der Waals surface area (Å²) >= 11 is 5.10. The quantitative estimate of drug-likeness (QED) is 0.721. The van der Waals surface area contributed by atoms with Gasteiger partial charge in [-0.1, -0.05) is 18.2 Å². The third kappa shape index (κ3) is 2.51. The van der Waals surface area contributed by atoms with Crippen LogP contribution < -0.4 is 15.6 Å². The van der Waals surface area contributed by atoms with Gasteiger partial charge in [-0.2, -0.15) is 0 Å². The number of methoxy groups -OCH3 is 1. The Balaban J connectivity index is 2.05. The van der Waals surface area contributed by atoms with E-state index in [-0.39, 0.29) is 16.1 Å². The summed E-state index contributed by atoms with van der Waals surface area (Å²) in [4.78, 5) is 31.1. The van der Waals surface area contributed by atoms with Crippen molar-refractivity contribution in [3.05, 3.63) is 61.8 Å². The SMILES string of the molecule is COc1ccccc1C1C2=C(CCCC2=O)Nc2[nH]c(=S)[nH]c(=O)c21. The van der Waals surface area contributed by atoms with Crippen LogP contribution in [0.2, 0.25) is 0 Å². The molecule has 0 fully saturated rings. The highest BCUT2D eigenvalue weighted by atomic mass is 32.1. The number of fused-ring (bicyclic) bond motifs is 1. The predicted octanol–water partition coefficient (Wildman–Crippen LogP) is 3.01. The molecule has 1 aliphatic heterocycles. The van der Waals surface area contributed by atoms with Gasteiger partial charge in [0.2, 0.25) is 0 Å². The Morgan fingerprint density at radius 1 is 1.16 bits per heavy atom. The molecule has 1 aliphatic carbocycles. The van der Waals surface area contributed by atoms with Crippen molar-refractivity contribution in [2.45, 2.75) is 25.2 Å². The van der Waals surface area contributed by atoms with Crippen molar-refractivity contribution in [2.24, 2.45) is 0 Å². The van der Waals surface area contributed by atoms with E-state index in [0.717, 1.165) is 24.1 Å². The van der Waals surface area contributed by atoms with Gasteiger partial charge in [-0.3, -0.25) is 14.6 Å². The average Bonchev–Trinajstić information content (AvgIpc) is 2.60. The number of rotatable bonds is 2. The molecule has 2 heterocycles. The van der Waals surface area contributed by atoms with E-state index < -0.39 is 5.92 Å². The van der Waals surface area contributed by atoms with Gasteiger partial charge < -0.3 is 15.0 Å². The zero-order valence-electron chi connectivity index (χ0n) is 13.6. The van der Waals surface area contributed by atoms with Gasteiger partial charge in [0.15, 0.2) is 10.6 Å². The molecule has 4 rings (SSSR count). The minimum absolute atomic E-state index is 0.0668. The first-order valence-electron chi connectivity index (χ1n) is 8.13. The molecule has 1 aromatic heterocycles. The van der Waals surface area contributed by atoms with Crippen LogP contribution in [0.5, 0.6) is 5.75 Å². The number of allylic oxidation sites excluding steroid dienone is 2. The van der Waals surface area contributed by atoms with E-state index in [9.17, 15) is 9.59 Å². The molecule has 7 heteroatoms. The Labute approximate surface area is 148 Å². The molecule has 0 radical (unpaired) electrons. The van der Waals surface area contributed by atoms with Gasteiger partial charge in [-0.05, 0) is 31.1 Å². The molecule has 2 aromatic rings. The maximum atomic E-state index is 12.7. The number of aromatic amines is 2. The molecule has 1 atom stereocenters. The van der Waals surface area contributed by atoms with Crippen LogP contribution in [0.4, 0.5) is 5.82 Å². The van der Waals surface area contributed by atoms with Crippen molar-refractivity contribution in [1.29, 1.82) is 0 Å². The Morgan fingerprint density at radius 2 is 1.96 bits per heavy atom. The summed E-state index contributed by atoms with van der Waals surface area (Å²) in [7, 11) is 1.58. The Morgan fingerprint density at radius 3 is 2.76 bits per heavy atom. The Bertz CT molecular complexity index is 1020. The molecular weight excluding hydrogens is 338 g/mol. The summed E-state index contributed by atoms with van der Waals surface area (Å²) in [6, 6.07) is 7.48. The number of ether oxygens (including phenoxy) is 1. The second-order valence-electron chi connectivity index (χ2n) is 6.17. The highest BCUT2D eigenvalue weighted by molar-refractivity contribution is 7.71. The molecule has 3 N–H and O–H groups in total. The van der Waals surface area contributed by atoms with E-state index >= 15 is 0 Å². The van der Waals surface area contributed by atoms with Gasteiger partial charge >= 0.3 is 0 Å². The number of benzene rings is 1. The van der Waals surface area contributed by atoms with Gasteiger partial charge in [0, 0.05) is 23.3 Å². The highest BCUT2D eigenvalue weighted by Gasteiger charge is 2.38. The second kappa shape index (κ2) is 6.00. The fourth-order valence-corrected chi connectivity index (χ4v) is 3.90. The maximum absolute atomic E-state index is 12.7. The smallest absolute Gasteiger partial charge is 0.257 e. The summed E-state index contributed by atoms with van der Waals surface area (Å²) in [5, 5.41) is 3.22. The first-order valence-corrected chi connectivity index (χ1v) is 8.53. The van der Waals surface area contributed by atoms with Crippen molar-refractivity contribution in [3.63, 3.8) is 0 Å². The molecule has 1 unspecified atom stereocenters. The molecule has 0 spiro atoms. The average molecular weight is 355 g/mol. The largest absolute Gasteiger partial charge is 0.496 e. The number of Topliss-reactive ketones (excluding diaryl/α,β-unsaturated/α-hetero) is 1. The summed E-state index contributed by atoms with van der Waals surface area (Å²) in [5.74, 6) is 0.786. The van der Waals surface area contributed by atoms with Gasteiger partial charge in [0.1, 0.15) is 11.6 Å². The summed E-state index contributed by atoms with van der Waals surface area (Å²) in [6.45, 7) is 0. The fraction of sp³-hybridized carbons (Fsp3) is 0.278. The second-order valence-corrected chi connectivity index (χ2v) is 6.57. The highest BCUT2D eigenvalue weighted by Crippen LogP contribution is 2.45. The van der Waals surface area contributed by atoms with Crippen molar-refractivity contribution in [1.82, 2.24) is 9.97 Å². The number of aromatic nitrogens is 2.